The molecule has 0 atom stereocenters. The molecule has 4 aromatic rings. The number of hydrogen-bond acceptors (Lipinski definition) is 6. The van der Waals surface area contributed by atoms with Gasteiger partial charge in [-0.15, -0.1) is 0 Å². The van der Waals surface area contributed by atoms with Gasteiger partial charge in [0.15, 0.2) is 5.82 Å². The second-order valence-corrected chi connectivity index (χ2v) is 7.79. The van der Waals surface area contributed by atoms with Crippen LogP contribution in [0.2, 0.25) is 0 Å². The summed E-state index contributed by atoms with van der Waals surface area (Å²) >= 11 is 0. The van der Waals surface area contributed by atoms with E-state index in [9.17, 15) is 0 Å². The molecule has 0 unspecified atom stereocenters. The Kier molecular flexibility index (Phi) is 4.97. The smallest absolute Gasteiger partial charge is 0.226 e. The molecule has 3 heterocycles. The van der Waals surface area contributed by atoms with E-state index in [0.717, 1.165) is 48.6 Å². The maximum Gasteiger partial charge on any atom is 0.226 e. The molecule has 0 aliphatic carbocycles. The molecule has 1 fully saturated rings. The van der Waals surface area contributed by atoms with Crippen LogP contribution in [0.4, 0.5) is 17.5 Å². The Balaban J connectivity index is 1.38. The van der Waals surface area contributed by atoms with Crippen LogP contribution in [-0.4, -0.2) is 33.0 Å². The minimum atomic E-state index is 0.602. The van der Waals surface area contributed by atoms with Crippen molar-refractivity contribution >= 4 is 28.5 Å². The summed E-state index contributed by atoms with van der Waals surface area (Å²) in [6, 6.07) is 19.0. The third-order valence-electron chi connectivity index (χ3n) is 5.69. The van der Waals surface area contributed by atoms with Gasteiger partial charge in [0.25, 0.3) is 0 Å². The average molecular weight is 396 g/mol. The van der Waals surface area contributed by atoms with Crippen LogP contribution in [0.25, 0.3) is 11.0 Å². The Labute approximate surface area is 176 Å². The number of aromatic nitrogens is 4. The van der Waals surface area contributed by atoms with E-state index < -0.39 is 0 Å². The lowest BCUT2D eigenvalue weighted by atomic mass is 9.90. The molecule has 1 N–H and O–H groups in total. The summed E-state index contributed by atoms with van der Waals surface area (Å²) in [4.78, 5) is 20.5. The largest absolute Gasteiger partial charge is 0.341 e. The van der Waals surface area contributed by atoms with E-state index in [-0.39, 0.29) is 0 Å². The Hall–Kier alpha value is -3.54. The third-order valence-corrected chi connectivity index (χ3v) is 5.69. The normalized spacial score (nSPS) is 14.8. The molecule has 0 saturated carbocycles. The van der Waals surface area contributed by atoms with Crippen molar-refractivity contribution in [1.29, 1.82) is 0 Å². The zero-order chi connectivity index (χ0) is 20.3. The van der Waals surface area contributed by atoms with Gasteiger partial charge in [-0.1, -0.05) is 42.5 Å². The Morgan fingerprint density at radius 3 is 2.57 bits per heavy atom. The molecule has 2 aromatic heterocycles. The first-order valence-electron chi connectivity index (χ1n) is 10.4. The van der Waals surface area contributed by atoms with Crippen molar-refractivity contribution in [2.75, 3.05) is 23.3 Å². The molecule has 150 valence electrons. The number of piperidine rings is 1. The van der Waals surface area contributed by atoms with E-state index in [0.29, 0.717) is 11.7 Å². The zero-order valence-electron chi connectivity index (χ0n) is 17.0. The highest BCUT2D eigenvalue weighted by atomic mass is 15.3. The molecule has 2 aromatic carbocycles. The van der Waals surface area contributed by atoms with Crippen molar-refractivity contribution < 1.29 is 0 Å². The Morgan fingerprint density at radius 1 is 0.933 bits per heavy atom. The number of aryl methyl sites for hydroxylation is 1. The van der Waals surface area contributed by atoms with E-state index in [4.69, 9.17) is 4.98 Å². The first-order chi connectivity index (χ1) is 14.8. The van der Waals surface area contributed by atoms with E-state index in [1.807, 2.05) is 12.1 Å². The number of nitrogens with one attached hydrogen (secondary N) is 1. The number of anilines is 3. The number of hydrogen-bond donors (Lipinski definition) is 1. The molecule has 30 heavy (non-hydrogen) atoms. The number of rotatable bonds is 4. The fourth-order valence-corrected chi connectivity index (χ4v) is 4.09. The number of fused-ring (bicyclic) bond motifs is 1. The van der Waals surface area contributed by atoms with Crippen LogP contribution in [-0.2, 0) is 0 Å². The van der Waals surface area contributed by atoms with Crippen molar-refractivity contribution in [2.24, 2.45) is 0 Å². The van der Waals surface area contributed by atoms with Crippen molar-refractivity contribution in [1.82, 2.24) is 19.9 Å². The molecule has 0 radical (unpaired) electrons. The maximum absolute atomic E-state index is 4.84. The van der Waals surface area contributed by atoms with Crippen LogP contribution in [0.1, 0.15) is 29.9 Å². The van der Waals surface area contributed by atoms with Crippen molar-refractivity contribution in [3.8, 4) is 0 Å². The second-order valence-electron chi connectivity index (χ2n) is 7.79. The fraction of sp³-hybridized carbons (Fsp3) is 0.250. The zero-order valence-corrected chi connectivity index (χ0v) is 17.0. The lowest BCUT2D eigenvalue weighted by molar-refractivity contribution is 0.500. The fourth-order valence-electron chi connectivity index (χ4n) is 4.09. The molecule has 0 spiro atoms. The van der Waals surface area contributed by atoms with Gasteiger partial charge in [-0.3, -0.25) is 0 Å². The highest BCUT2D eigenvalue weighted by molar-refractivity contribution is 5.87. The van der Waals surface area contributed by atoms with Gasteiger partial charge in [0.2, 0.25) is 5.95 Å². The molecule has 1 aliphatic heterocycles. The van der Waals surface area contributed by atoms with Gasteiger partial charge in [-0.2, -0.15) is 0 Å². The predicted octanol–water partition coefficient (Wildman–Crippen LogP) is 4.86. The minimum absolute atomic E-state index is 0.602. The first kappa shape index (κ1) is 18.5. The molecular weight excluding hydrogens is 372 g/mol. The summed E-state index contributed by atoms with van der Waals surface area (Å²) in [5, 5.41) is 3.39. The van der Waals surface area contributed by atoms with Crippen molar-refractivity contribution in [3.05, 3.63) is 78.2 Å². The third kappa shape index (κ3) is 3.81. The number of nitrogens with zero attached hydrogens (tertiary/aromatic N) is 5. The quantitative estimate of drug-likeness (QED) is 0.532. The molecule has 6 nitrogen and oxygen atoms in total. The first-order valence-corrected chi connectivity index (χ1v) is 10.4. The van der Waals surface area contributed by atoms with E-state index in [1.165, 1.54) is 11.1 Å². The van der Waals surface area contributed by atoms with Gasteiger partial charge < -0.3 is 10.2 Å². The SMILES string of the molecule is Cc1cccc(Nc2ncnc3cnc(N4CCC(c5ccccc5)CC4)nc23)c1. The lowest BCUT2D eigenvalue weighted by Gasteiger charge is -2.32. The number of benzene rings is 2. The second kappa shape index (κ2) is 8.06. The van der Waals surface area contributed by atoms with Gasteiger partial charge in [-0.05, 0) is 48.9 Å². The summed E-state index contributed by atoms with van der Waals surface area (Å²) in [6.45, 7) is 3.96. The van der Waals surface area contributed by atoms with Gasteiger partial charge in [-0.25, -0.2) is 19.9 Å². The van der Waals surface area contributed by atoms with Gasteiger partial charge in [0.1, 0.15) is 17.4 Å². The van der Waals surface area contributed by atoms with E-state index in [2.05, 4.69) is 74.6 Å². The average Bonchev–Trinajstić information content (AvgIpc) is 2.80. The standard InChI is InChI=1S/C24H24N6/c1-17-6-5-9-20(14-17)28-23-22-21(26-16-27-23)15-25-24(29-22)30-12-10-19(11-13-30)18-7-3-2-4-8-18/h2-9,14-16,19H,10-13H2,1H3,(H,26,27,28). The van der Waals surface area contributed by atoms with Crippen LogP contribution in [0, 0.1) is 6.92 Å². The summed E-state index contributed by atoms with van der Waals surface area (Å²) in [5.41, 5.74) is 5.08. The molecule has 0 bridgehead atoms. The molecule has 1 saturated heterocycles. The minimum Gasteiger partial charge on any atom is -0.341 e. The van der Waals surface area contributed by atoms with Crippen LogP contribution >= 0.6 is 0 Å². The summed E-state index contributed by atoms with van der Waals surface area (Å²) in [5.74, 6) is 2.05. The molecule has 6 heteroatoms. The summed E-state index contributed by atoms with van der Waals surface area (Å²) < 4.78 is 0. The molecule has 1 aliphatic rings. The van der Waals surface area contributed by atoms with Gasteiger partial charge in [0.05, 0.1) is 6.20 Å². The summed E-state index contributed by atoms with van der Waals surface area (Å²) in [6.07, 6.45) is 5.55. The topological polar surface area (TPSA) is 66.8 Å². The van der Waals surface area contributed by atoms with Crippen LogP contribution in [0.15, 0.2) is 67.1 Å². The van der Waals surface area contributed by atoms with Crippen LogP contribution in [0.5, 0.6) is 0 Å². The van der Waals surface area contributed by atoms with E-state index >= 15 is 0 Å². The van der Waals surface area contributed by atoms with Gasteiger partial charge >= 0.3 is 0 Å². The molecule has 0 amide bonds. The highest BCUT2D eigenvalue weighted by Gasteiger charge is 2.22. The van der Waals surface area contributed by atoms with E-state index in [1.54, 1.807) is 12.5 Å². The highest BCUT2D eigenvalue weighted by Crippen LogP contribution is 2.30. The molecular formula is C24H24N6. The lowest BCUT2D eigenvalue weighted by Crippen LogP contribution is -2.34. The van der Waals surface area contributed by atoms with Crippen molar-refractivity contribution in [3.63, 3.8) is 0 Å². The maximum atomic E-state index is 4.84. The summed E-state index contributed by atoms with van der Waals surface area (Å²) in [7, 11) is 0. The predicted molar refractivity (Wildman–Crippen MR) is 120 cm³/mol. The molecule has 5 rings (SSSR count). The van der Waals surface area contributed by atoms with Crippen LogP contribution in [0.3, 0.4) is 0 Å². The van der Waals surface area contributed by atoms with Crippen LogP contribution < -0.4 is 10.2 Å². The monoisotopic (exact) mass is 396 g/mol. The van der Waals surface area contributed by atoms with Crippen molar-refractivity contribution in [2.45, 2.75) is 25.7 Å². The Morgan fingerprint density at radius 2 is 1.77 bits per heavy atom. The van der Waals surface area contributed by atoms with Gasteiger partial charge in [0, 0.05) is 18.8 Å². The Bertz CT molecular complexity index is 1150.